The van der Waals surface area contributed by atoms with Crippen LogP contribution in [0.15, 0.2) is 57.6 Å². The van der Waals surface area contributed by atoms with Gasteiger partial charge in [0.25, 0.3) is 5.91 Å². The number of hydrogen-bond donors (Lipinski definition) is 1. The summed E-state index contributed by atoms with van der Waals surface area (Å²) in [6.45, 7) is 0.296. The average molecular weight is 417 g/mol. The van der Waals surface area contributed by atoms with Crippen LogP contribution in [0, 0.1) is 0 Å². The molecule has 0 bridgehead atoms. The lowest BCUT2D eigenvalue weighted by Crippen LogP contribution is -2.29. The quantitative estimate of drug-likeness (QED) is 0.490. The van der Waals surface area contributed by atoms with Crippen molar-refractivity contribution in [1.82, 2.24) is 9.88 Å². The maximum absolute atomic E-state index is 13.1. The van der Waals surface area contributed by atoms with Crippen molar-refractivity contribution in [3.63, 3.8) is 0 Å². The predicted molar refractivity (Wildman–Crippen MR) is 103 cm³/mol. The van der Waals surface area contributed by atoms with Crippen LogP contribution in [0.2, 0.25) is 4.47 Å². The van der Waals surface area contributed by atoms with Crippen LogP contribution >= 0.6 is 22.9 Å². The molecule has 1 aromatic carbocycles. The lowest BCUT2D eigenvalue weighted by molar-refractivity contribution is 0.0653. The zero-order valence-electron chi connectivity index (χ0n) is 14.3. The second-order valence-electron chi connectivity index (χ2n) is 5.96. The number of aromatic nitrogens is 1. The van der Waals surface area contributed by atoms with E-state index in [-0.39, 0.29) is 24.8 Å². The molecule has 0 radical (unpaired) electrons. The van der Waals surface area contributed by atoms with Gasteiger partial charge >= 0.3 is 5.97 Å². The Balaban J connectivity index is 1.64. The molecule has 0 saturated heterocycles. The second kappa shape index (κ2) is 7.49. The molecule has 1 N–H and O–H groups in total. The van der Waals surface area contributed by atoms with E-state index in [1.54, 1.807) is 30.3 Å². The number of amides is 1. The molecule has 28 heavy (non-hydrogen) atoms. The largest absolute Gasteiger partial charge is 0.475 e. The van der Waals surface area contributed by atoms with Crippen molar-refractivity contribution < 1.29 is 23.5 Å². The zero-order valence-corrected chi connectivity index (χ0v) is 15.9. The summed E-state index contributed by atoms with van der Waals surface area (Å²) in [6, 6.07) is 11.6. The highest BCUT2D eigenvalue weighted by Gasteiger charge is 2.21. The van der Waals surface area contributed by atoms with Gasteiger partial charge in [-0.2, -0.15) is 0 Å². The number of carbonyl (C=O) groups is 2. The number of halogens is 1. The van der Waals surface area contributed by atoms with Gasteiger partial charge in [-0.15, -0.1) is 11.3 Å². The number of carboxylic acids is 1. The molecule has 3 aromatic heterocycles. The normalized spacial score (nSPS) is 11.0. The third-order valence-corrected chi connectivity index (χ3v) is 5.17. The predicted octanol–water partition coefficient (Wildman–Crippen LogP) is 4.68. The third kappa shape index (κ3) is 3.78. The van der Waals surface area contributed by atoms with Crippen molar-refractivity contribution in [1.29, 1.82) is 0 Å². The Hall–Kier alpha value is -3.10. The molecule has 0 aliphatic heterocycles. The Labute approximate surface area is 167 Å². The Bertz CT molecular complexity index is 1150. The summed E-state index contributed by atoms with van der Waals surface area (Å²) in [5, 5.41) is 9.02. The molecule has 7 nitrogen and oxygen atoms in total. The highest BCUT2D eigenvalue weighted by atomic mass is 35.5. The van der Waals surface area contributed by atoms with Crippen LogP contribution in [-0.4, -0.2) is 26.9 Å². The van der Waals surface area contributed by atoms with Gasteiger partial charge in [-0.1, -0.05) is 11.6 Å². The van der Waals surface area contributed by atoms with E-state index in [4.69, 9.17) is 25.5 Å². The van der Waals surface area contributed by atoms with Gasteiger partial charge in [0.15, 0.2) is 4.47 Å². The van der Waals surface area contributed by atoms with E-state index in [2.05, 4.69) is 4.98 Å². The van der Waals surface area contributed by atoms with E-state index in [0.29, 0.717) is 21.6 Å². The summed E-state index contributed by atoms with van der Waals surface area (Å²) in [7, 11) is 0. The Kier molecular flexibility index (Phi) is 4.89. The van der Waals surface area contributed by atoms with Crippen LogP contribution in [0.1, 0.15) is 32.4 Å². The van der Waals surface area contributed by atoms with E-state index in [9.17, 15) is 9.59 Å². The maximum atomic E-state index is 13.1. The SMILES string of the molecule is O=C(O)c1ccc(CN(Cc2ccco2)C(=O)c2ccc3nc(Cl)sc3c2)o1. The smallest absolute Gasteiger partial charge is 0.371 e. The van der Waals surface area contributed by atoms with Crippen LogP contribution in [0.4, 0.5) is 0 Å². The van der Waals surface area contributed by atoms with Crippen LogP contribution in [-0.2, 0) is 13.1 Å². The number of nitrogens with zero attached hydrogens (tertiary/aromatic N) is 2. The molecule has 0 aliphatic carbocycles. The van der Waals surface area contributed by atoms with Crippen molar-refractivity contribution >= 4 is 45.0 Å². The monoisotopic (exact) mass is 416 g/mol. The molecule has 3 heterocycles. The fourth-order valence-electron chi connectivity index (χ4n) is 2.77. The minimum atomic E-state index is -1.16. The summed E-state index contributed by atoms with van der Waals surface area (Å²) in [5.41, 5.74) is 1.19. The molecular weight excluding hydrogens is 404 g/mol. The molecule has 0 aliphatic rings. The minimum Gasteiger partial charge on any atom is -0.475 e. The first-order chi connectivity index (χ1) is 13.5. The van der Waals surface area contributed by atoms with Crippen LogP contribution < -0.4 is 0 Å². The standard InChI is InChI=1S/C19H13ClN2O5S/c20-19-21-14-5-3-11(8-16(14)28-19)17(23)22(9-12-2-1-7-26-12)10-13-4-6-15(27-13)18(24)25/h1-8H,9-10H2,(H,24,25). The Morgan fingerprint density at radius 2 is 1.96 bits per heavy atom. The Morgan fingerprint density at radius 3 is 2.68 bits per heavy atom. The van der Waals surface area contributed by atoms with E-state index in [1.807, 2.05) is 0 Å². The number of fused-ring (bicyclic) bond motifs is 1. The third-order valence-electron chi connectivity index (χ3n) is 4.04. The number of hydrogen-bond acceptors (Lipinski definition) is 6. The minimum absolute atomic E-state index is 0.0916. The van der Waals surface area contributed by atoms with E-state index < -0.39 is 5.97 Å². The van der Waals surface area contributed by atoms with Crippen molar-refractivity contribution in [2.24, 2.45) is 0 Å². The molecule has 0 fully saturated rings. The van der Waals surface area contributed by atoms with Crippen molar-refractivity contribution in [2.45, 2.75) is 13.1 Å². The number of carboxylic acid groups (broad SMARTS) is 1. The fourth-order valence-corrected chi connectivity index (χ4v) is 3.84. The average Bonchev–Trinajstić information content (AvgIpc) is 3.40. The molecular formula is C19H13ClN2O5S. The maximum Gasteiger partial charge on any atom is 0.371 e. The number of rotatable bonds is 6. The van der Waals surface area contributed by atoms with E-state index >= 15 is 0 Å². The van der Waals surface area contributed by atoms with Gasteiger partial charge in [0.2, 0.25) is 5.76 Å². The molecule has 0 spiro atoms. The van der Waals surface area contributed by atoms with E-state index in [1.165, 1.54) is 34.6 Å². The van der Waals surface area contributed by atoms with E-state index in [0.717, 1.165) is 10.2 Å². The van der Waals surface area contributed by atoms with Gasteiger partial charge in [-0.25, -0.2) is 9.78 Å². The highest BCUT2D eigenvalue weighted by Crippen LogP contribution is 2.27. The summed E-state index contributed by atoms with van der Waals surface area (Å²) >= 11 is 7.24. The highest BCUT2D eigenvalue weighted by molar-refractivity contribution is 7.22. The first-order valence-electron chi connectivity index (χ1n) is 8.19. The summed E-state index contributed by atoms with van der Waals surface area (Å²) < 4.78 is 11.9. The molecule has 142 valence electrons. The summed E-state index contributed by atoms with van der Waals surface area (Å²) in [6.07, 6.45) is 1.53. The Morgan fingerprint density at radius 1 is 1.14 bits per heavy atom. The molecule has 4 aromatic rings. The van der Waals surface area contributed by atoms with Gasteiger partial charge < -0.3 is 18.8 Å². The van der Waals surface area contributed by atoms with Crippen LogP contribution in [0.25, 0.3) is 10.2 Å². The number of benzene rings is 1. The fraction of sp³-hybridized carbons (Fsp3) is 0.105. The second-order valence-corrected chi connectivity index (χ2v) is 7.57. The molecule has 1 amide bonds. The lowest BCUT2D eigenvalue weighted by Gasteiger charge is -2.20. The first-order valence-corrected chi connectivity index (χ1v) is 9.39. The van der Waals surface area contributed by atoms with Crippen molar-refractivity contribution in [3.8, 4) is 0 Å². The topological polar surface area (TPSA) is 96.8 Å². The molecule has 0 atom stereocenters. The molecule has 9 heteroatoms. The molecule has 0 unspecified atom stereocenters. The van der Waals surface area contributed by atoms with Gasteiger partial charge in [0.05, 0.1) is 29.6 Å². The van der Waals surface area contributed by atoms with Crippen LogP contribution in [0.5, 0.6) is 0 Å². The van der Waals surface area contributed by atoms with Gasteiger partial charge in [-0.3, -0.25) is 4.79 Å². The number of carbonyl (C=O) groups excluding carboxylic acids is 1. The van der Waals surface area contributed by atoms with Gasteiger partial charge in [0, 0.05) is 5.56 Å². The zero-order chi connectivity index (χ0) is 19.7. The van der Waals surface area contributed by atoms with Gasteiger partial charge in [0.1, 0.15) is 11.5 Å². The number of furan rings is 2. The van der Waals surface area contributed by atoms with Crippen molar-refractivity contribution in [3.05, 3.63) is 76.0 Å². The van der Waals surface area contributed by atoms with Crippen molar-refractivity contribution in [2.75, 3.05) is 0 Å². The number of aromatic carboxylic acids is 1. The van der Waals surface area contributed by atoms with Gasteiger partial charge in [-0.05, 0) is 42.5 Å². The molecule has 0 saturated carbocycles. The lowest BCUT2D eigenvalue weighted by atomic mass is 10.1. The number of thiazole rings is 1. The van der Waals surface area contributed by atoms with Crippen LogP contribution in [0.3, 0.4) is 0 Å². The molecule has 4 rings (SSSR count). The summed E-state index contributed by atoms with van der Waals surface area (Å²) in [5.74, 6) is -0.639. The summed E-state index contributed by atoms with van der Waals surface area (Å²) in [4.78, 5) is 29.9. The first kappa shape index (κ1) is 18.3.